The summed E-state index contributed by atoms with van der Waals surface area (Å²) in [4.78, 5) is 33.4. The molecule has 1 aliphatic rings. The minimum absolute atomic E-state index is 0.0300. The maximum Gasteiger partial charge on any atom is 0.416 e. The topological polar surface area (TPSA) is 71.9 Å². The summed E-state index contributed by atoms with van der Waals surface area (Å²) in [5.41, 5.74) is -0.169. The number of anilines is 1. The molecule has 10 heteroatoms. The van der Waals surface area contributed by atoms with E-state index in [0.29, 0.717) is 17.4 Å². The van der Waals surface area contributed by atoms with Gasteiger partial charge in [-0.1, -0.05) is 0 Å². The predicted molar refractivity (Wildman–Crippen MR) is 97.9 cm³/mol. The number of amides is 1. The van der Waals surface area contributed by atoms with Crippen LogP contribution in [0.15, 0.2) is 40.3 Å². The highest BCUT2D eigenvalue weighted by atomic mass is 32.1. The van der Waals surface area contributed by atoms with E-state index in [9.17, 15) is 22.8 Å². The molecule has 1 amide bonds. The van der Waals surface area contributed by atoms with E-state index >= 15 is 0 Å². The Morgan fingerprint density at radius 2 is 1.96 bits per heavy atom. The summed E-state index contributed by atoms with van der Waals surface area (Å²) in [6.45, 7) is 3.70. The van der Waals surface area contributed by atoms with E-state index in [4.69, 9.17) is 4.74 Å². The predicted octanol–water partition coefficient (Wildman–Crippen LogP) is 3.88. The van der Waals surface area contributed by atoms with Crippen molar-refractivity contribution in [1.29, 1.82) is 0 Å². The Balaban J connectivity index is 1.84. The second kappa shape index (κ2) is 7.55. The number of rotatable bonds is 4. The zero-order valence-corrected chi connectivity index (χ0v) is 15.6. The molecule has 1 aromatic heterocycles. The fraction of sp³-hybridized carbons (Fsp3) is 0.222. The van der Waals surface area contributed by atoms with Crippen LogP contribution in [0, 0.1) is 0 Å². The van der Waals surface area contributed by atoms with Crippen LogP contribution in [0.5, 0.6) is 0 Å². The first-order valence-electron chi connectivity index (χ1n) is 8.13. The van der Waals surface area contributed by atoms with Gasteiger partial charge in [0.1, 0.15) is 0 Å². The molecular formula is C18H14F3N3O3S. The van der Waals surface area contributed by atoms with E-state index in [1.165, 1.54) is 41.4 Å². The Kier molecular flexibility index (Phi) is 5.32. The molecule has 0 saturated carbocycles. The summed E-state index contributed by atoms with van der Waals surface area (Å²) in [7, 11) is 0. The number of aromatic nitrogens is 1. The van der Waals surface area contributed by atoms with Gasteiger partial charge in [-0.05, 0) is 37.3 Å². The highest BCUT2D eigenvalue weighted by molar-refractivity contribution is 7.14. The summed E-state index contributed by atoms with van der Waals surface area (Å²) >= 11 is 1.24. The number of benzene rings is 1. The molecule has 0 N–H and O–H groups in total. The molecule has 0 aliphatic carbocycles. The van der Waals surface area contributed by atoms with Gasteiger partial charge in [0.05, 0.1) is 11.3 Å². The Bertz CT molecular complexity index is 978. The molecule has 6 nitrogen and oxygen atoms in total. The maximum absolute atomic E-state index is 12.6. The number of esters is 1. The molecule has 146 valence electrons. The van der Waals surface area contributed by atoms with Gasteiger partial charge in [0.2, 0.25) is 11.8 Å². The zero-order chi connectivity index (χ0) is 20.5. The van der Waals surface area contributed by atoms with E-state index < -0.39 is 17.7 Å². The molecule has 2 heterocycles. The van der Waals surface area contributed by atoms with Gasteiger partial charge in [-0.2, -0.15) is 13.2 Å². The monoisotopic (exact) mass is 409 g/mol. The average Bonchev–Trinajstić information content (AvgIpc) is 3.22. The molecule has 0 unspecified atom stereocenters. The molecule has 0 fully saturated rings. The summed E-state index contributed by atoms with van der Waals surface area (Å²) in [6, 6.07) is 4.15. The van der Waals surface area contributed by atoms with Gasteiger partial charge in [-0.25, -0.2) is 14.8 Å². The van der Waals surface area contributed by atoms with Crippen molar-refractivity contribution in [2.45, 2.75) is 20.0 Å². The van der Waals surface area contributed by atoms with Crippen molar-refractivity contribution in [2.24, 2.45) is 4.99 Å². The number of alkyl halides is 3. The van der Waals surface area contributed by atoms with Crippen LogP contribution >= 0.6 is 11.3 Å². The van der Waals surface area contributed by atoms with Crippen molar-refractivity contribution in [2.75, 3.05) is 11.4 Å². The second-order valence-corrected chi connectivity index (χ2v) is 6.57. The van der Waals surface area contributed by atoms with Gasteiger partial charge in [-0.15, -0.1) is 11.3 Å². The molecule has 0 spiro atoms. The van der Waals surface area contributed by atoms with Crippen LogP contribution in [0.4, 0.5) is 18.3 Å². The van der Waals surface area contributed by atoms with Crippen LogP contribution in [0.1, 0.15) is 30.7 Å². The molecule has 28 heavy (non-hydrogen) atoms. The van der Waals surface area contributed by atoms with Crippen molar-refractivity contribution in [3.8, 4) is 0 Å². The van der Waals surface area contributed by atoms with Crippen LogP contribution in [-0.4, -0.2) is 29.3 Å². The molecule has 3 rings (SSSR count). The fourth-order valence-corrected chi connectivity index (χ4v) is 3.32. The Labute approximate surface area is 162 Å². The second-order valence-electron chi connectivity index (χ2n) is 5.73. The van der Waals surface area contributed by atoms with E-state index in [2.05, 4.69) is 9.98 Å². The number of halogens is 3. The third-order valence-electron chi connectivity index (χ3n) is 3.80. The lowest BCUT2D eigenvalue weighted by atomic mass is 10.1. The first-order valence-corrected chi connectivity index (χ1v) is 9.01. The molecule has 0 bridgehead atoms. The number of thiazole rings is 1. The van der Waals surface area contributed by atoms with Crippen LogP contribution in [-0.2, 0) is 20.5 Å². The van der Waals surface area contributed by atoms with Crippen molar-refractivity contribution in [1.82, 2.24) is 4.98 Å². The Morgan fingerprint density at radius 3 is 2.54 bits per heavy atom. The van der Waals surface area contributed by atoms with Gasteiger partial charge in [0.15, 0.2) is 10.8 Å². The van der Waals surface area contributed by atoms with E-state index in [1.807, 2.05) is 6.92 Å². The van der Waals surface area contributed by atoms with Gasteiger partial charge < -0.3 is 4.74 Å². The van der Waals surface area contributed by atoms with Crippen molar-refractivity contribution in [3.63, 3.8) is 0 Å². The van der Waals surface area contributed by atoms with Crippen LogP contribution < -0.4 is 4.90 Å². The maximum atomic E-state index is 12.6. The SMILES string of the molecule is CCN(C(C)=O)c1nc(C=C2N=C(c3ccc(C(F)(F)F)cc3)OC2=O)cs1. The Morgan fingerprint density at radius 1 is 1.29 bits per heavy atom. The third kappa shape index (κ3) is 4.11. The van der Waals surface area contributed by atoms with Crippen LogP contribution in [0.2, 0.25) is 0 Å². The molecule has 0 radical (unpaired) electrons. The number of hydrogen-bond donors (Lipinski definition) is 0. The number of aliphatic imine (C=N–C) groups is 1. The number of carbonyl (C=O) groups excluding carboxylic acids is 2. The van der Waals surface area contributed by atoms with Gasteiger partial charge in [-0.3, -0.25) is 9.69 Å². The normalized spacial score (nSPS) is 15.5. The molecule has 1 aromatic carbocycles. The number of carbonyl (C=O) groups is 2. The number of cyclic esters (lactones) is 1. The molecule has 0 atom stereocenters. The molecular weight excluding hydrogens is 395 g/mol. The van der Waals surface area contributed by atoms with Gasteiger partial charge in [0.25, 0.3) is 0 Å². The van der Waals surface area contributed by atoms with Gasteiger partial charge >= 0.3 is 12.1 Å². The van der Waals surface area contributed by atoms with Crippen LogP contribution in [0.25, 0.3) is 6.08 Å². The minimum Gasteiger partial charge on any atom is -0.402 e. The standard InChI is InChI=1S/C18H14F3N3O3S/c1-3-24(10(2)25)17-22-13(9-28-17)8-14-16(26)27-15(23-14)11-4-6-12(7-5-11)18(19,20)21/h4-9H,3H2,1-2H3. The Hall–Kier alpha value is -3.01. The average molecular weight is 409 g/mol. The quantitative estimate of drug-likeness (QED) is 0.568. The lowest BCUT2D eigenvalue weighted by molar-refractivity contribution is -0.137. The largest absolute Gasteiger partial charge is 0.416 e. The van der Waals surface area contributed by atoms with Crippen molar-refractivity contribution in [3.05, 3.63) is 52.2 Å². The van der Waals surface area contributed by atoms with Crippen LogP contribution in [0.3, 0.4) is 0 Å². The number of ether oxygens (including phenoxy) is 1. The fourth-order valence-electron chi connectivity index (χ4n) is 2.43. The molecule has 1 aliphatic heterocycles. The van der Waals surface area contributed by atoms with Crippen molar-refractivity contribution < 1.29 is 27.5 Å². The minimum atomic E-state index is -4.45. The highest BCUT2D eigenvalue weighted by Gasteiger charge is 2.31. The van der Waals surface area contributed by atoms with E-state index in [1.54, 1.807) is 5.38 Å². The lowest BCUT2D eigenvalue weighted by Gasteiger charge is -2.14. The summed E-state index contributed by atoms with van der Waals surface area (Å²) < 4.78 is 43.0. The van der Waals surface area contributed by atoms with Crippen molar-refractivity contribution >= 4 is 40.3 Å². The number of hydrogen-bond acceptors (Lipinski definition) is 6. The van der Waals surface area contributed by atoms with Gasteiger partial charge in [0, 0.05) is 24.4 Å². The number of nitrogens with zero attached hydrogens (tertiary/aromatic N) is 3. The smallest absolute Gasteiger partial charge is 0.402 e. The molecule has 2 aromatic rings. The lowest BCUT2D eigenvalue weighted by Crippen LogP contribution is -2.27. The summed E-state index contributed by atoms with van der Waals surface area (Å²) in [6.07, 6.45) is -3.06. The first kappa shape index (κ1) is 19.7. The van der Waals surface area contributed by atoms with E-state index in [0.717, 1.165) is 12.1 Å². The summed E-state index contributed by atoms with van der Waals surface area (Å²) in [5, 5.41) is 2.15. The molecule has 0 saturated heterocycles. The first-order chi connectivity index (χ1) is 13.2. The zero-order valence-electron chi connectivity index (χ0n) is 14.8. The summed E-state index contributed by atoms with van der Waals surface area (Å²) in [5.74, 6) is -0.971. The van der Waals surface area contributed by atoms with E-state index in [-0.39, 0.29) is 23.1 Å². The highest BCUT2D eigenvalue weighted by Crippen LogP contribution is 2.30. The third-order valence-corrected chi connectivity index (χ3v) is 4.68.